The zero-order chi connectivity index (χ0) is 21.3. The fourth-order valence-electron chi connectivity index (χ4n) is 3.96. The third-order valence-corrected chi connectivity index (χ3v) is 7.35. The fraction of sp³-hybridized carbons (Fsp3) is 0.167. The van der Waals surface area contributed by atoms with Crippen molar-refractivity contribution < 1.29 is 8.42 Å². The molecular weight excluding hydrogens is 408 g/mol. The van der Waals surface area contributed by atoms with E-state index in [1.54, 1.807) is 16.7 Å². The molecule has 0 bridgehead atoms. The van der Waals surface area contributed by atoms with Gasteiger partial charge in [0.15, 0.2) is 0 Å². The van der Waals surface area contributed by atoms with Gasteiger partial charge in [-0.1, -0.05) is 48.5 Å². The van der Waals surface area contributed by atoms with Gasteiger partial charge in [-0.05, 0) is 35.7 Å². The maximum absolute atomic E-state index is 13.0. The molecule has 0 radical (unpaired) electrons. The Kier molecular flexibility index (Phi) is 5.13. The predicted molar refractivity (Wildman–Crippen MR) is 122 cm³/mol. The first-order valence-electron chi connectivity index (χ1n) is 10.2. The van der Waals surface area contributed by atoms with Crippen LogP contribution in [0.1, 0.15) is 16.7 Å². The Morgan fingerprint density at radius 2 is 1.77 bits per heavy atom. The van der Waals surface area contributed by atoms with Gasteiger partial charge in [-0.25, -0.2) is 13.4 Å². The number of nitrogens with one attached hydrogen (secondary N) is 1. The molecule has 0 spiro atoms. The first-order chi connectivity index (χ1) is 15.1. The van der Waals surface area contributed by atoms with Crippen LogP contribution in [-0.4, -0.2) is 29.2 Å². The van der Waals surface area contributed by atoms with Crippen LogP contribution in [-0.2, 0) is 28.7 Å². The molecule has 156 valence electrons. The Morgan fingerprint density at radius 1 is 0.968 bits per heavy atom. The Hall–Kier alpha value is -3.29. The number of hydrogen-bond acceptors (Lipinski definition) is 5. The van der Waals surface area contributed by atoms with Crippen molar-refractivity contribution in [3.8, 4) is 0 Å². The van der Waals surface area contributed by atoms with Crippen molar-refractivity contribution in [3.63, 3.8) is 0 Å². The average Bonchev–Trinajstić information content (AvgIpc) is 2.79. The highest BCUT2D eigenvalue weighted by Gasteiger charge is 2.28. The highest BCUT2D eigenvalue weighted by molar-refractivity contribution is 7.88. The first kappa shape index (κ1) is 19.7. The number of rotatable bonds is 5. The summed E-state index contributed by atoms with van der Waals surface area (Å²) < 4.78 is 27.5. The van der Waals surface area contributed by atoms with Gasteiger partial charge in [-0.15, -0.1) is 0 Å². The van der Waals surface area contributed by atoms with Crippen LogP contribution >= 0.6 is 0 Å². The molecule has 6 nitrogen and oxygen atoms in total. The topological polar surface area (TPSA) is 75.2 Å². The van der Waals surface area contributed by atoms with Crippen LogP contribution in [0.25, 0.3) is 10.9 Å². The zero-order valence-electron chi connectivity index (χ0n) is 16.9. The molecule has 0 saturated heterocycles. The van der Waals surface area contributed by atoms with E-state index in [9.17, 15) is 8.42 Å². The molecule has 31 heavy (non-hydrogen) atoms. The van der Waals surface area contributed by atoms with E-state index in [1.165, 1.54) is 0 Å². The number of benzene rings is 2. The molecule has 0 saturated carbocycles. The number of aromatic nitrogens is 2. The SMILES string of the molecule is O=S(=O)(Cc1ccccc1)N1CCc2c(ccnc2Nc2cnc3ccccc3c2)C1. The van der Waals surface area contributed by atoms with Crippen molar-refractivity contribution in [1.29, 1.82) is 0 Å². The van der Waals surface area contributed by atoms with Crippen molar-refractivity contribution in [3.05, 3.63) is 95.8 Å². The van der Waals surface area contributed by atoms with Crippen LogP contribution in [0.4, 0.5) is 11.5 Å². The normalized spacial score (nSPS) is 14.3. The van der Waals surface area contributed by atoms with Crippen LogP contribution in [0.2, 0.25) is 0 Å². The molecular formula is C24H22N4O2S. The maximum atomic E-state index is 13.0. The standard InChI is InChI=1S/C24H22N4O2S/c29-31(30,17-18-6-2-1-3-7-18)28-13-11-22-20(16-28)10-12-25-24(22)27-21-14-19-8-4-5-9-23(19)26-15-21/h1-10,12,14-15H,11,13,16-17H2,(H,25,27). The predicted octanol–water partition coefficient (Wildman–Crippen LogP) is 4.26. The lowest BCUT2D eigenvalue weighted by molar-refractivity contribution is 0.390. The first-order valence-corrected chi connectivity index (χ1v) is 11.8. The number of anilines is 2. The van der Waals surface area contributed by atoms with E-state index >= 15 is 0 Å². The molecule has 0 atom stereocenters. The van der Waals surface area contributed by atoms with E-state index in [2.05, 4.69) is 15.3 Å². The molecule has 2 aromatic carbocycles. The van der Waals surface area contributed by atoms with Crippen LogP contribution in [0, 0.1) is 0 Å². The maximum Gasteiger partial charge on any atom is 0.218 e. The molecule has 0 fully saturated rings. The van der Waals surface area contributed by atoms with Gasteiger partial charge in [-0.2, -0.15) is 4.31 Å². The Labute approximate surface area is 181 Å². The summed E-state index contributed by atoms with van der Waals surface area (Å²) in [4.78, 5) is 9.01. The number of nitrogens with zero attached hydrogens (tertiary/aromatic N) is 3. The summed E-state index contributed by atoms with van der Waals surface area (Å²) in [6, 6.07) is 21.2. The third-order valence-electron chi connectivity index (χ3n) is 5.55. The van der Waals surface area contributed by atoms with Crippen molar-refractivity contribution >= 4 is 32.4 Å². The summed E-state index contributed by atoms with van der Waals surface area (Å²) >= 11 is 0. The highest BCUT2D eigenvalue weighted by Crippen LogP contribution is 2.29. The number of pyridine rings is 2. The molecule has 0 aliphatic carbocycles. The van der Waals surface area contributed by atoms with Gasteiger partial charge in [0, 0.05) is 30.2 Å². The summed E-state index contributed by atoms with van der Waals surface area (Å²) in [5, 5.41) is 4.43. The largest absolute Gasteiger partial charge is 0.339 e. The second kappa shape index (κ2) is 8.09. The van der Waals surface area contributed by atoms with E-state index in [0.29, 0.717) is 19.5 Å². The minimum absolute atomic E-state index is 0.0160. The summed E-state index contributed by atoms with van der Waals surface area (Å²) in [6.07, 6.45) is 4.13. The third kappa shape index (κ3) is 4.15. The average molecular weight is 431 g/mol. The molecule has 7 heteroatoms. The monoisotopic (exact) mass is 430 g/mol. The van der Waals surface area contributed by atoms with E-state index in [4.69, 9.17) is 0 Å². The second-order valence-corrected chi connectivity index (χ2v) is 9.63. The Bertz CT molecular complexity index is 1340. The molecule has 1 aliphatic rings. The molecule has 5 rings (SSSR count). The van der Waals surface area contributed by atoms with E-state index in [-0.39, 0.29) is 5.75 Å². The van der Waals surface area contributed by atoms with Crippen LogP contribution in [0.5, 0.6) is 0 Å². The fourth-order valence-corrected chi connectivity index (χ4v) is 5.46. The Morgan fingerprint density at radius 3 is 2.65 bits per heavy atom. The molecule has 0 unspecified atom stereocenters. The van der Waals surface area contributed by atoms with Crippen LogP contribution < -0.4 is 5.32 Å². The van der Waals surface area contributed by atoms with Gasteiger partial charge in [0.2, 0.25) is 10.0 Å². The highest BCUT2D eigenvalue weighted by atomic mass is 32.2. The van der Waals surface area contributed by atoms with Crippen molar-refractivity contribution in [2.45, 2.75) is 18.7 Å². The van der Waals surface area contributed by atoms with Gasteiger partial charge < -0.3 is 5.32 Å². The van der Waals surface area contributed by atoms with Gasteiger partial charge in [0.05, 0.1) is 23.2 Å². The van der Waals surface area contributed by atoms with Crippen molar-refractivity contribution in [2.75, 3.05) is 11.9 Å². The quantitative estimate of drug-likeness (QED) is 0.512. The molecule has 4 aromatic rings. The number of hydrogen-bond donors (Lipinski definition) is 1. The zero-order valence-corrected chi connectivity index (χ0v) is 17.7. The number of sulfonamides is 1. The minimum atomic E-state index is -3.39. The molecule has 1 N–H and O–H groups in total. The van der Waals surface area contributed by atoms with Gasteiger partial charge >= 0.3 is 0 Å². The molecule has 2 aromatic heterocycles. The van der Waals surface area contributed by atoms with Gasteiger partial charge in [0.1, 0.15) is 5.82 Å². The van der Waals surface area contributed by atoms with Crippen molar-refractivity contribution in [1.82, 2.24) is 14.3 Å². The van der Waals surface area contributed by atoms with E-state index < -0.39 is 10.0 Å². The van der Waals surface area contributed by atoms with Crippen molar-refractivity contribution in [2.24, 2.45) is 0 Å². The van der Waals surface area contributed by atoms with E-state index in [0.717, 1.165) is 39.1 Å². The van der Waals surface area contributed by atoms with Crippen LogP contribution in [0.3, 0.4) is 0 Å². The van der Waals surface area contributed by atoms with E-state index in [1.807, 2.05) is 66.7 Å². The number of para-hydroxylation sites is 1. The smallest absolute Gasteiger partial charge is 0.218 e. The minimum Gasteiger partial charge on any atom is -0.339 e. The molecule has 0 amide bonds. The second-order valence-electron chi connectivity index (χ2n) is 7.66. The Balaban J connectivity index is 1.37. The van der Waals surface area contributed by atoms with Gasteiger partial charge in [-0.3, -0.25) is 4.98 Å². The lowest BCUT2D eigenvalue weighted by atomic mass is 10.0. The van der Waals surface area contributed by atoms with Gasteiger partial charge in [0.25, 0.3) is 0 Å². The lowest BCUT2D eigenvalue weighted by Crippen LogP contribution is -2.37. The molecule has 3 heterocycles. The summed E-state index contributed by atoms with van der Waals surface area (Å²) in [6.45, 7) is 0.802. The summed E-state index contributed by atoms with van der Waals surface area (Å²) in [5.41, 5.74) is 4.64. The summed E-state index contributed by atoms with van der Waals surface area (Å²) in [5.74, 6) is 0.775. The lowest BCUT2D eigenvalue weighted by Gasteiger charge is -2.29. The summed E-state index contributed by atoms with van der Waals surface area (Å²) in [7, 11) is -3.39. The molecule has 1 aliphatic heterocycles. The number of fused-ring (bicyclic) bond motifs is 2. The van der Waals surface area contributed by atoms with Crippen LogP contribution in [0.15, 0.2) is 79.1 Å².